The maximum absolute atomic E-state index is 12.4. The maximum atomic E-state index is 12.4. The topological polar surface area (TPSA) is 12.0 Å². The first kappa shape index (κ1) is 17.5. The summed E-state index contributed by atoms with van der Waals surface area (Å²) in [5, 5.41) is 4.15. The summed E-state index contributed by atoms with van der Waals surface area (Å²) in [7, 11) is 0. The minimum atomic E-state index is -4.04. The van der Waals surface area contributed by atoms with Crippen molar-refractivity contribution in [3.63, 3.8) is 0 Å². The van der Waals surface area contributed by atoms with Crippen molar-refractivity contribution in [1.82, 2.24) is 5.32 Å². The Kier molecular flexibility index (Phi) is 7.99. The molecule has 19 heavy (non-hydrogen) atoms. The summed E-state index contributed by atoms with van der Waals surface area (Å²) in [4.78, 5) is 0. The van der Waals surface area contributed by atoms with Gasteiger partial charge in [-0.05, 0) is 25.8 Å². The van der Waals surface area contributed by atoms with Crippen molar-refractivity contribution in [2.24, 2.45) is 0 Å². The number of nitrogens with one attached hydrogen (secondary N) is 1. The molecule has 0 aromatic heterocycles. The van der Waals surface area contributed by atoms with E-state index in [1.807, 2.05) is 30.4 Å². The third-order valence-electron chi connectivity index (χ3n) is 3.29. The van der Waals surface area contributed by atoms with Crippen molar-refractivity contribution in [2.45, 2.75) is 62.2 Å². The van der Waals surface area contributed by atoms with Crippen LogP contribution in [0.3, 0.4) is 0 Å². The molecule has 1 fully saturated rings. The molecule has 1 N–H and O–H groups in total. The zero-order valence-electron chi connectivity index (χ0n) is 11.6. The van der Waals surface area contributed by atoms with Gasteiger partial charge in [-0.2, -0.15) is 36.7 Å². The summed E-state index contributed by atoms with van der Waals surface area (Å²) >= 11 is 3.78. The fraction of sp³-hybridized carbons (Fsp3) is 1.00. The van der Waals surface area contributed by atoms with Crippen molar-refractivity contribution in [1.29, 1.82) is 0 Å². The van der Waals surface area contributed by atoms with E-state index in [1.165, 1.54) is 0 Å². The van der Waals surface area contributed by atoms with E-state index in [0.717, 1.165) is 30.9 Å². The second-order valence-electron chi connectivity index (χ2n) is 4.87. The zero-order chi connectivity index (χ0) is 14.3. The highest BCUT2D eigenvalue weighted by Crippen LogP contribution is 2.37. The Hall–Kier alpha value is 0.450. The Morgan fingerprint density at radius 1 is 1.21 bits per heavy atom. The third kappa shape index (κ3) is 6.63. The van der Waals surface area contributed by atoms with Crippen molar-refractivity contribution >= 4 is 23.5 Å². The van der Waals surface area contributed by atoms with Gasteiger partial charge in [-0.1, -0.05) is 13.8 Å². The monoisotopic (exact) mass is 315 g/mol. The van der Waals surface area contributed by atoms with Gasteiger partial charge in [0, 0.05) is 34.5 Å². The van der Waals surface area contributed by atoms with Crippen LogP contribution >= 0.6 is 23.5 Å². The van der Waals surface area contributed by atoms with Crippen molar-refractivity contribution < 1.29 is 13.2 Å². The zero-order valence-corrected chi connectivity index (χ0v) is 13.3. The quantitative estimate of drug-likeness (QED) is 0.751. The normalized spacial score (nSPS) is 26.4. The number of hydrogen-bond acceptors (Lipinski definition) is 3. The highest BCUT2D eigenvalue weighted by molar-refractivity contribution is 8.07. The van der Waals surface area contributed by atoms with Gasteiger partial charge < -0.3 is 5.32 Å². The number of thioether (sulfide) groups is 2. The van der Waals surface area contributed by atoms with E-state index in [-0.39, 0.29) is 12.5 Å². The van der Waals surface area contributed by atoms with Crippen molar-refractivity contribution in [3.05, 3.63) is 0 Å². The van der Waals surface area contributed by atoms with Crippen LogP contribution in [0.2, 0.25) is 0 Å². The molecule has 0 spiro atoms. The molecule has 0 aromatic rings. The number of hydrogen-bond donors (Lipinski definition) is 1. The van der Waals surface area contributed by atoms with Crippen molar-refractivity contribution in [2.75, 3.05) is 18.1 Å². The van der Waals surface area contributed by atoms with Gasteiger partial charge in [0.1, 0.15) is 0 Å². The van der Waals surface area contributed by atoms with Crippen LogP contribution in [-0.2, 0) is 0 Å². The van der Waals surface area contributed by atoms with Gasteiger partial charge in [0.15, 0.2) is 0 Å². The van der Waals surface area contributed by atoms with Gasteiger partial charge in [-0.25, -0.2) is 0 Å². The van der Waals surface area contributed by atoms with Gasteiger partial charge in [0.05, 0.1) is 0 Å². The van der Waals surface area contributed by atoms with Gasteiger partial charge in [0.25, 0.3) is 0 Å². The lowest BCUT2D eigenvalue weighted by Crippen LogP contribution is -2.45. The van der Waals surface area contributed by atoms with Gasteiger partial charge in [-0.3, -0.25) is 0 Å². The fourth-order valence-corrected chi connectivity index (χ4v) is 5.65. The molecule has 0 aromatic carbocycles. The predicted molar refractivity (Wildman–Crippen MR) is 80.2 cm³/mol. The molecule has 3 unspecified atom stereocenters. The van der Waals surface area contributed by atoms with Crippen LogP contribution in [0.25, 0.3) is 0 Å². The SMILES string of the molecule is CCCNC(CCC(F)(F)F)C1SCCSC1CC. The molecule has 1 rings (SSSR count). The Labute approximate surface area is 122 Å². The summed E-state index contributed by atoms with van der Waals surface area (Å²) in [6.45, 7) is 4.99. The molecule has 1 heterocycles. The predicted octanol–water partition coefficient (Wildman–Crippen LogP) is 4.32. The summed E-state index contributed by atoms with van der Waals surface area (Å²) in [5.74, 6) is 2.18. The van der Waals surface area contributed by atoms with E-state index >= 15 is 0 Å². The molecule has 0 radical (unpaired) electrons. The maximum Gasteiger partial charge on any atom is 0.389 e. The van der Waals surface area contributed by atoms with Crippen LogP contribution in [-0.4, -0.2) is 40.8 Å². The molecule has 0 saturated carbocycles. The van der Waals surface area contributed by atoms with E-state index in [2.05, 4.69) is 12.2 Å². The summed E-state index contributed by atoms with van der Waals surface area (Å²) < 4.78 is 37.3. The Bertz CT molecular complexity index is 249. The molecule has 1 aliphatic rings. The average molecular weight is 315 g/mol. The summed E-state index contributed by atoms with van der Waals surface area (Å²) in [5.41, 5.74) is 0. The summed E-state index contributed by atoms with van der Waals surface area (Å²) in [6, 6.07) is -0.00988. The minimum Gasteiger partial charge on any atom is -0.313 e. The molecule has 114 valence electrons. The largest absolute Gasteiger partial charge is 0.389 e. The number of halogens is 3. The highest BCUT2D eigenvalue weighted by atomic mass is 32.2. The molecule has 0 amide bonds. The molecule has 3 atom stereocenters. The molecular weight excluding hydrogens is 291 g/mol. The van der Waals surface area contributed by atoms with E-state index in [1.54, 1.807) is 0 Å². The van der Waals surface area contributed by atoms with Gasteiger partial charge in [0.2, 0.25) is 0 Å². The molecule has 6 heteroatoms. The van der Waals surface area contributed by atoms with E-state index in [0.29, 0.717) is 10.5 Å². The first-order chi connectivity index (χ1) is 8.98. The van der Waals surface area contributed by atoms with Crippen LogP contribution in [0, 0.1) is 0 Å². The van der Waals surface area contributed by atoms with E-state index in [4.69, 9.17) is 0 Å². The second kappa shape index (κ2) is 8.67. The Balaban J connectivity index is 2.59. The molecule has 0 aliphatic carbocycles. The van der Waals surface area contributed by atoms with Crippen LogP contribution < -0.4 is 5.32 Å². The van der Waals surface area contributed by atoms with Crippen LogP contribution in [0.1, 0.15) is 39.5 Å². The molecule has 0 bridgehead atoms. The van der Waals surface area contributed by atoms with Crippen LogP contribution in [0.15, 0.2) is 0 Å². The highest BCUT2D eigenvalue weighted by Gasteiger charge is 2.35. The molecular formula is C13H24F3NS2. The fourth-order valence-electron chi connectivity index (χ4n) is 2.34. The lowest BCUT2D eigenvalue weighted by atomic mass is 10.0. The van der Waals surface area contributed by atoms with Crippen molar-refractivity contribution in [3.8, 4) is 0 Å². The Morgan fingerprint density at radius 2 is 1.89 bits per heavy atom. The first-order valence-electron chi connectivity index (χ1n) is 7.01. The minimum absolute atomic E-state index is 0.00988. The van der Waals surface area contributed by atoms with Gasteiger partial charge in [-0.15, -0.1) is 0 Å². The molecule has 1 nitrogen and oxygen atoms in total. The number of alkyl halides is 3. The lowest BCUT2D eigenvalue weighted by molar-refractivity contribution is -0.136. The van der Waals surface area contributed by atoms with Crippen LogP contribution in [0.5, 0.6) is 0 Å². The standard InChI is InChI=1S/C13H24F3NS2/c1-3-7-17-10(5-6-13(14,15)16)12-11(4-2)18-8-9-19-12/h10-12,17H,3-9H2,1-2H3. The molecule has 1 saturated heterocycles. The smallest absolute Gasteiger partial charge is 0.313 e. The average Bonchev–Trinajstić information content (AvgIpc) is 2.38. The lowest BCUT2D eigenvalue weighted by Gasteiger charge is -2.36. The first-order valence-corrected chi connectivity index (χ1v) is 9.11. The second-order valence-corrected chi connectivity index (χ2v) is 7.50. The molecule has 1 aliphatic heterocycles. The summed E-state index contributed by atoms with van der Waals surface area (Å²) in [6.07, 6.45) is -2.51. The van der Waals surface area contributed by atoms with Crippen LogP contribution in [0.4, 0.5) is 13.2 Å². The van der Waals surface area contributed by atoms with E-state index in [9.17, 15) is 13.2 Å². The van der Waals surface area contributed by atoms with Gasteiger partial charge >= 0.3 is 6.18 Å². The number of rotatable bonds is 7. The Morgan fingerprint density at radius 3 is 2.47 bits per heavy atom. The third-order valence-corrected chi connectivity index (χ3v) is 6.69. The van der Waals surface area contributed by atoms with E-state index < -0.39 is 12.6 Å².